The maximum atomic E-state index is 6.65. The lowest BCUT2D eigenvalue weighted by Gasteiger charge is -2.17. The van der Waals surface area contributed by atoms with Crippen LogP contribution in [-0.2, 0) is 0 Å². The summed E-state index contributed by atoms with van der Waals surface area (Å²) in [4.78, 5) is 0. The number of benzene rings is 7. The number of rotatable bonds is 54. The van der Waals surface area contributed by atoms with Crippen LogP contribution in [0.1, 0.15) is 254 Å². The summed E-state index contributed by atoms with van der Waals surface area (Å²) in [6.45, 7) is 37.3. The van der Waals surface area contributed by atoms with Crippen LogP contribution in [0.4, 0.5) is 0 Å². The van der Waals surface area contributed by atoms with E-state index in [1.54, 1.807) is 0 Å². The van der Waals surface area contributed by atoms with Gasteiger partial charge >= 0.3 is 0 Å². The molecule has 7 aromatic carbocycles. The largest absolute Gasteiger partial charge is 0.494 e. The first kappa shape index (κ1) is 87.4. The van der Waals surface area contributed by atoms with Gasteiger partial charge in [-0.3, -0.25) is 0 Å². The van der Waals surface area contributed by atoms with Crippen LogP contribution in [0, 0.1) is 0 Å². The van der Waals surface area contributed by atoms with Gasteiger partial charge in [-0.2, -0.15) is 0 Å². The van der Waals surface area contributed by atoms with Gasteiger partial charge in [-0.1, -0.05) is 170 Å². The van der Waals surface area contributed by atoms with Crippen LogP contribution in [0.5, 0.6) is 80.5 Å². The van der Waals surface area contributed by atoms with Crippen molar-refractivity contribution in [2.45, 2.75) is 187 Å². The van der Waals surface area contributed by atoms with E-state index in [0.29, 0.717) is 104 Å². The summed E-state index contributed by atoms with van der Waals surface area (Å²) in [6.07, 6.45) is 36.8. The average molecular weight is 1500 g/mol. The van der Waals surface area contributed by atoms with Crippen molar-refractivity contribution in [3.05, 3.63) is 164 Å². The quantitative estimate of drug-likeness (QED) is 0.0335. The highest BCUT2D eigenvalue weighted by atomic mass is 16.5. The minimum absolute atomic E-state index is 0.512. The molecular formula is C96H126O14. The summed E-state index contributed by atoms with van der Waals surface area (Å²) in [6, 6.07) is 32.7. The summed E-state index contributed by atoms with van der Waals surface area (Å²) in [5.41, 5.74) is 10.5. The Kier molecular flexibility index (Phi) is 39.8. The molecule has 0 radical (unpaired) electrons. The molecule has 0 atom stereocenters. The fourth-order valence-electron chi connectivity index (χ4n) is 11.3. The van der Waals surface area contributed by atoms with Gasteiger partial charge in [-0.15, -0.1) is 0 Å². The highest BCUT2D eigenvalue weighted by Crippen LogP contribution is 2.41. The summed E-state index contributed by atoms with van der Waals surface area (Å²) in [5.74, 6) is 10.4. The molecule has 0 fully saturated rings. The fraction of sp³-hybridized carbons (Fsp3) is 0.438. The zero-order valence-corrected chi connectivity index (χ0v) is 68.7. The lowest BCUT2D eigenvalue weighted by Crippen LogP contribution is -2.03. The lowest BCUT2D eigenvalue weighted by molar-refractivity contribution is 0.307. The molecule has 7 aromatic rings. The zero-order valence-electron chi connectivity index (χ0n) is 68.7. The maximum absolute atomic E-state index is 6.65. The molecule has 14 nitrogen and oxygen atoms in total. The van der Waals surface area contributed by atoms with Gasteiger partial charge in [0.05, 0.1) is 92.5 Å². The molecule has 594 valence electrons. The van der Waals surface area contributed by atoms with E-state index < -0.39 is 0 Å². The maximum Gasteiger partial charge on any atom is 0.127 e. The monoisotopic (exact) mass is 1500 g/mol. The van der Waals surface area contributed by atoms with Crippen molar-refractivity contribution >= 4 is 72.9 Å². The van der Waals surface area contributed by atoms with E-state index in [1.165, 1.54) is 0 Å². The van der Waals surface area contributed by atoms with E-state index in [2.05, 4.69) is 231 Å². The predicted molar refractivity (Wildman–Crippen MR) is 460 cm³/mol. The van der Waals surface area contributed by atoms with Crippen LogP contribution in [0.25, 0.3) is 72.9 Å². The standard InChI is InChI=1S/C96H126O14/c1-15-45-97-83-41-43-85(99-47-17-3)71(59-83)29-31-73-61-89(103-51-21-7)75(63-87(73)101-49-19-5)33-35-77-65-93(107-55-25-11)79(67-91(77)105-53-23-9)37-39-81-69-96(110-58-28-14)82(70-95(81)109-57-27-13)40-38-80-68-92(106-54-24-10)78(66-94(80)108-56-26-12)36-34-76-64-88(102-50-20-6)74(62-90(76)104-52-22-8)32-30-72-60-84(98-46-16-2)42-44-86(72)100-48-18-4/h29-44,59-70H,15-28,45-58H2,1-14H3/b31-29+,32-30+,35-33+,36-34+,39-37+,40-38+. The van der Waals surface area contributed by atoms with Gasteiger partial charge in [0.1, 0.15) is 80.5 Å². The van der Waals surface area contributed by atoms with Gasteiger partial charge in [-0.25, -0.2) is 0 Å². The molecule has 0 unspecified atom stereocenters. The molecule has 14 heteroatoms. The first-order valence-corrected chi connectivity index (χ1v) is 41.0. The molecule has 0 saturated heterocycles. The second kappa shape index (κ2) is 50.1. The molecule has 110 heavy (non-hydrogen) atoms. The molecule has 0 aliphatic carbocycles. The third kappa shape index (κ3) is 27.9. The second-order valence-electron chi connectivity index (χ2n) is 26.9. The summed E-state index contributed by atoms with van der Waals surface area (Å²) >= 11 is 0. The molecule has 0 bridgehead atoms. The van der Waals surface area contributed by atoms with Crippen molar-refractivity contribution in [1.82, 2.24) is 0 Å². The van der Waals surface area contributed by atoms with Gasteiger partial charge in [0, 0.05) is 66.8 Å². The Hall–Kier alpha value is -9.82. The van der Waals surface area contributed by atoms with E-state index in [4.69, 9.17) is 66.3 Å². The Morgan fingerprint density at radius 3 is 0.400 bits per heavy atom. The van der Waals surface area contributed by atoms with Crippen LogP contribution in [-0.4, -0.2) is 92.5 Å². The Morgan fingerprint density at radius 2 is 0.264 bits per heavy atom. The molecule has 0 N–H and O–H groups in total. The highest BCUT2D eigenvalue weighted by molar-refractivity contribution is 5.86. The Labute approximate surface area is 659 Å². The number of hydrogen-bond acceptors (Lipinski definition) is 14. The van der Waals surface area contributed by atoms with Crippen molar-refractivity contribution in [2.75, 3.05) is 92.5 Å². The molecule has 0 heterocycles. The van der Waals surface area contributed by atoms with Gasteiger partial charge in [-0.05, 0) is 187 Å². The van der Waals surface area contributed by atoms with Crippen molar-refractivity contribution in [3.63, 3.8) is 0 Å². The van der Waals surface area contributed by atoms with Crippen LogP contribution in [0.3, 0.4) is 0 Å². The Balaban J connectivity index is 1.28. The summed E-state index contributed by atoms with van der Waals surface area (Å²) in [5, 5.41) is 0. The smallest absolute Gasteiger partial charge is 0.127 e. The Morgan fingerprint density at radius 1 is 0.145 bits per heavy atom. The molecule has 7 rings (SSSR count). The summed E-state index contributed by atoms with van der Waals surface area (Å²) in [7, 11) is 0. The summed E-state index contributed by atoms with van der Waals surface area (Å²) < 4.78 is 90.5. The van der Waals surface area contributed by atoms with Crippen LogP contribution in [0.2, 0.25) is 0 Å². The first-order valence-electron chi connectivity index (χ1n) is 41.0. The highest BCUT2D eigenvalue weighted by Gasteiger charge is 2.19. The first-order chi connectivity index (χ1) is 53.9. The van der Waals surface area contributed by atoms with Gasteiger partial charge in [0.15, 0.2) is 0 Å². The molecule has 0 saturated carbocycles. The third-order valence-electron chi connectivity index (χ3n) is 16.8. The van der Waals surface area contributed by atoms with E-state index in [9.17, 15) is 0 Å². The van der Waals surface area contributed by atoms with E-state index in [1.807, 2.05) is 36.4 Å². The molecule has 0 aliphatic rings. The molecule has 0 amide bonds. The molecule has 0 aromatic heterocycles. The van der Waals surface area contributed by atoms with E-state index in [0.717, 1.165) is 226 Å². The van der Waals surface area contributed by atoms with Crippen molar-refractivity contribution in [1.29, 1.82) is 0 Å². The number of hydrogen-bond donors (Lipinski definition) is 0. The number of ether oxygens (including phenoxy) is 14. The topological polar surface area (TPSA) is 129 Å². The van der Waals surface area contributed by atoms with Gasteiger partial charge < -0.3 is 66.3 Å². The fourth-order valence-corrected chi connectivity index (χ4v) is 11.3. The van der Waals surface area contributed by atoms with Crippen molar-refractivity contribution in [3.8, 4) is 80.5 Å². The third-order valence-corrected chi connectivity index (χ3v) is 16.8. The van der Waals surface area contributed by atoms with Crippen molar-refractivity contribution < 1.29 is 66.3 Å². The van der Waals surface area contributed by atoms with Gasteiger partial charge in [0.2, 0.25) is 0 Å². The zero-order chi connectivity index (χ0) is 78.5. The van der Waals surface area contributed by atoms with Crippen LogP contribution in [0.15, 0.2) is 97.1 Å². The minimum atomic E-state index is 0.512. The average Bonchev–Trinajstić information content (AvgIpc) is 0.811. The Bertz CT molecular complexity index is 3820. The minimum Gasteiger partial charge on any atom is -0.494 e. The van der Waals surface area contributed by atoms with E-state index >= 15 is 0 Å². The molecule has 0 aliphatic heterocycles. The van der Waals surface area contributed by atoms with E-state index in [-0.39, 0.29) is 0 Å². The van der Waals surface area contributed by atoms with Crippen molar-refractivity contribution in [2.24, 2.45) is 0 Å². The van der Waals surface area contributed by atoms with Gasteiger partial charge in [0.25, 0.3) is 0 Å². The van der Waals surface area contributed by atoms with Crippen LogP contribution < -0.4 is 66.3 Å². The normalized spacial score (nSPS) is 11.6. The second-order valence-corrected chi connectivity index (χ2v) is 26.9. The molecule has 0 spiro atoms. The molecular weight excluding hydrogens is 1380 g/mol. The SMILES string of the molecule is CCCOc1ccc(OCCC)c(/C=C/c2cc(OCCC)c(/C=C/c3cc(OCCC)c(/C=C/c4cc(OCCC)c(/C=C/c5cc(OCCC)c(/C=C/c6cc(OCCC)c(/C=C/c7cc(OCCC)ccc7OCCC)cc6OCCC)cc5OCCC)cc4OCCC)cc3OCCC)cc2OCCC)c1. The predicted octanol–water partition coefficient (Wildman–Crippen LogP) is 25.8. The lowest BCUT2D eigenvalue weighted by atomic mass is 10.0. The van der Waals surface area contributed by atoms with Crippen LogP contribution >= 0.6 is 0 Å².